The van der Waals surface area contributed by atoms with Gasteiger partial charge in [-0.25, -0.2) is 0 Å². The van der Waals surface area contributed by atoms with Gasteiger partial charge in [-0.2, -0.15) is 5.26 Å². The third-order valence-corrected chi connectivity index (χ3v) is 3.24. The first-order valence-electron chi connectivity index (χ1n) is 7.41. The van der Waals surface area contributed by atoms with E-state index in [9.17, 15) is 4.79 Å². The molecule has 5 nitrogen and oxygen atoms in total. The number of nitrogens with zero attached hydrogens (tertiary/aromatic N) is 1. The SMILES string of the molecule is CCCOc1ccc(C=C(C#N)C(=O)NC2CC2)cc1OC. The number of benzene rings is 1. The van der Waals surface area contributed by atoms with Crippen LogP contribution in [-0.4, -0.2) is 25.7 Å². The molecule has 1 amide bonds. The van der Waals surface area contributed by atoms with Gasteiger partial charge >= 0.3 is 0 Å². The lowest BCUT2D eigenvalue weighted by molar-refractivity contribution is -0.117. The van der Waals surface area contributed by atoms with Crippen LogP contribution in [0.3, 0.4) is 0 Å². The second kappa shape index (κ2) is 7.51. The van der Waals surface area contributed by atoms with Crippen LogP contribution in [0.15, 0.2) is 23.8 Å². The van der Waals surface area contributed by atoms with E-state index in [1.165, 1.54) is 0 Å². The highest BCUT2D eigenvalue weighted by atomic mass is 16.5. The van der Waals surface area contributed by atoms with Gasteiger partial charge in [-0.05, 0) is 43.0 Å². The quantitative estimate of drug-likeness (QED) is 0.621. The Hall–Kier alpha value is -2.48. The van der Waals surface area contributed by atoms with Gasteiger partial charge < -0.3 is 14.8 Å². The predicted molar refractivity (Wildman–Crippen MR) is 83.5 cm³/mol. The van der Waals surface area contributed by atoms with E-state index in [1.807, 2.05) is 13.0 Å². The summed E-state index contributed by atoms with van der Waals surface area (Å²) in [6, 6.07) is 7.52. The van der Waals surface area contributed by atoms with Crippen LogP contribution >= 0.6 is 0 Å². The fraction of sp³-hybridized carbons (Fsp3) is 0.412. The Labute approximate surface area is 130 Å². The molecule has 1 fully saturated rings. The Morgan fingerprint density at radius 2 is 2.23 bits per heavy atom. The normalized spacial score (nSPS) is 14.1. The molecular formula is C17H20N2O3. The number of amides is 1. The smallest absolute Gasteiger partial charge is 0.262 e. The van der Waals surface area contributed by atoms with Crippen molar-refractivity contribution in [2.75, 3.05) is 13.7 Å². The first-order chi connectivity index (χ1) is 10.7. The molecule has 1 aromatic rings. The van der Waals surface area contributed by atoms with E-state index in [0.717, 1.165) is 24.8 Å². The van der Waals surface area contributed by atoms with Crippen LogP contribution in [-0.2, 0) is 4.79 Å². The minimum absolute atomic E-state index is 0.0937. The predicted octanol–water partition coefficient (Wildman–Crippen LogP) is 2.67. The van der Waals surface area contributed by atoms with Gasteiger partial charge in [0.25, 0.3) is 5.91 Å². The van der Waals surface area contributed by atoms with Crippen LogP contribution in [0, 0.1) is 11.3 Å². The average molecular weight is 300 g/mol. The van der Waals surface area contributed by atoms with Crippen LogP contribution in [0.1, 0.15) is 31.7 Å². The molecular weight excluding hydrogens is 280 g/mol. The number of methoxy groups -OCH3 is 1. The molecule has 116 valence electrons. The van der Waals surface area contributed by atoms with Crippen molar-refractivity contribution < 1.29 is 14.3 Å². The number of nitriles is 1. The fourth-order valence-corrected chi connectivity index (χ4v) is 1.91. The van der Waals surface area contributed by atoms with Gasteiger partial charge in [0.05, 0.1) is 13.7 Å². The molecule has 5 heteroatoms. The Kier molecular flexibility index (Phi) is 5.42. The summed E-state index contributed by atoms with van der Waals surface area (Å²) in [4.78, 5) is 11.9. The van der Waals surface area contributed by atoms with Gasteiger partial charge in [-0.1, -0.05) is 13.0 Å². The molecule has 1 N–H and O–H groups in total. The minimum atomic E-state index is -0.324. The highest BCUT2D eigenvalue weighted by Crippen LogP contribution is 2.29. The van der Waals surface area contributed by atoms with Crippen molar-refractivity contribution in [3.63, 3.8) is 0 Å². The van der Waals surface area contributed by atoms with E-state index in [0.29, 0.717) is 18.1 Å². The Balaban J connectivity index is 2.17. The minimum Gasteiger partial charge on any atom is -0.493 e. The van der Waals surface area contributed by atoms with Crippen molar-refractivity contribution in [3.8, 4) is 17.6 Å². The van der Waals surface area contributed by atoms with E-state index < -0.39 is 0 Å². The maximum atomic E-state index is 11.9. The molecule has 0 heterocycles. The number of ether oxygens (including phenoxy) is 2. The molecule has 1 aliphatic rings. The molecule has 2 rings (SSSR count). The number of nitrogens with one attached hydrogen (secondary N) is 1. The van der Waals surface area contributed by atoms with Crippen LogP contribution in [0.4, 0.5) is 0 Å². The summed E-state index contributed by atoms with van der Waals surface area (Å²) < 4.78 is 10.9. The third-order valence-electron chi connectivity index (χ3n) is 3.24. The first-order valence-corrected chi connectivity index (χ1v) is 7.41. The summed E-state index contributed by atoms with van der Waals surface area (Å²) in [5, 5.41) is 12.0. The number of hydrogen-bond acceptors (Lipinski definition) is 4. The monoisotopic (exact) mass is 300 g/mol. The summed E-state index contributed by atoms with van der Waals surface area (Å²) in [5.74, 6) is 0.916. The largest absolute Gasteiger partial charge is 0.493 e. The molecule has 0 spiro atoms. The van der Waals surface area contributed by atoms with Crippen LogP contribution < -0.4 is 14.8 Å². The van der Waals surface area contributed by atoms with Crippen LogP contribution in [0.5, 0.6) is 11.5 Å². The lowest BCUT2D eigenvalue weighted by atomic mass is 10.1. The summed E-state index contributed by atoms with van der Waals surface area (Å²) in [5.41, 5.74) is 0.819. The van der Waals surface area contributed by atoms with Gasteiger partial charge in [0.2, 0.25) is 0 Å². The standard InChI is InChI=1S/C17H20N2O3/c1-3-8-22-15-7-4-12(10-16(15)21-2)9-13(11-18)17(20)19-14-5-6-14/h4,7,9-10,14H,3,5-6,8H2,1-2H3,(H,19,20). The number of carbonyl (C=O) groups excluding carboxylic acids is 1. The second-order valence-corrected chi connectivity index (χ2v) is 5.18. The number of hydrogen-bond donors (Lipinski definition) is 1. The van der Waals surface area contributed by atoms with Crippen molar-refractivity contribution in [1.82, 2.24) is 5.32 Å². The summed E-state index contributed by atoms with van der Waals surface area (Å²) in [6.45, 7) is 2.64. The van der Waals surface area contributed by atoms with Crippen LogP contribution in [0.25, 0.3) is 6.08 Å². The third kappa shape index (κ3) is 4.26. The maximum absolute atomic E-state index is 11.9. The van der Waals surface area contributed by atoms with E-state index >= 15 is 0 Å². The van der Waals surface area contributed by atoms with Crippen molar-refractivity contribution in [2.45, 2.75) is 32.2 Å². The molecule has 0 radical (unpaired) electrons. The molecule has 0 unspecified atom stereocenters. The van der Waals surface area contributed by atoms with E-state index in [-0.39, 0.29) is 17.5 Å². The molecule has 1 aliphatic carbocycles. The summed E-state index contributed by atoms with van der Waals surface area (Å²) in [6.07, 6.45) is 4.44. The molecule has 1 saturated carbocycles. The molecule has 0 aromatic heterocycles. The summed E-state index contributed by atoms with van der Waals surface area (Å²) >= 11 is 0. The van der Waals surface area contributed by atoms with Gasteiger partial charge in [0.15, 0.2) is 11.5 Å². The van der Waals surface area contributed by atoms with Crippen molar-refractivity contribution in [1.29, 1.82) is 5.26 Å². The Morgan fingerprint density at radius 1 is 1.45 bits per heavy atom. The molecule has 0 atom stereocenters. The molecule has 0 saturated heterocycles. The Bertz CT molecular complexity index is 613. The topological polar surface area (TPSA) is 71.3 Å². The van der Waals surface area contributed by atoms with Gasteiger partial charge in [0.1, 0.15) is 11.6 Å². The lowest BCUT2D eigenvalue weighted by Gasteiger charge is -2.10. The van der Waals surface area contributed by atoms with Crippen molar-refractivity contribution in [2.24, 2.45) is 0 Å². The van der Waals surface area contributed by atoms with E-state index in [2.05, 4.69) is 5.32 Å². The van der Waals surface area contributed by atoms with Gasteiger partial charge in [-0.15, -0.1) is 0 Å². The van der Waals surface area contributed by atoms with Gasteiger partial charge in [-0.3, -0.25) is 4.79 Å². The highest BCUT2D eigenvalue weighted by Gasteiger charge is 2.24. The molecule has 1 aromatic carbocycles. The molecule has 0 aliphatic heterocycles. The van der Waals surface area contributed by atoms with Crippen molar-refractivity contribution >= 4 is 12.0 Å². The number of rotatable bonds is 7. The average Bonchev–Trinajstić information content (AvgIpc) is 3.34. The zero-order chi connectivity index (χ0) is 15.9. The Morgan fingerprint density at radius 3 is 2.82 bits per heavy atom. The zero-order valence-electron chi connectivity index (χ0n) is 12.9. The lowest BCUT2D eigenvalue weighted by Crippen LogP contribution is -2.26. The van der Waals surface area contributed by atoms with Gasteiger partial charge in [0, 0.05) is 6.04 Å². The zero-order valence-corrected chi connectivity index (χ0v) is 12.9. The van der Waals surface area contributed by atoms with E-state index in [1.54, 1.807) is 31.4 Å². The summed E-state index contributed by atoms with van der Waals surface area (Å²) in [7, 11) is 1.56. The highest BCUT2D eigenvalue weighted by molar-refractivity contribution is 6.02. The molecule has 22 heavy (non-hydrogen) atoms. The number of carbonyl (C=O) groups is 1. The van der Waals surface area contributed by atoms with Crippen LogP contribution in [0.2, 0.25) is 0 Å². The van der Waals surface area contributed by atoms with Crippen molar-refractivity contribution in [3.05, 3.63) is 29.3 Å². The van der Waals surface area contributed by atoms with E-state index in [4.69, 9.17) is 14.7 Å². The second-order valence-electron chi connectivity index (χ2n) is 5.18. The maximum Gasteiger partial charge on any atom is 0.262 e. The molecule has 0 bridgehead atoms. The fourth-order valence-electron chi connectivity index (χ4n) is 1.91. The first kappa shape index (κ1) is 15.9.